The van der Waals surface area contributed by atoms with Crippen LogP contribution >= 0.6 is 11.8 Å². The number of rotatable bonds is 6. The summed E-state index contributed by atoms with van der Waals surface area (Å²) in [5.41, 5.74) is -0.00144. The van der Waals surface area contributed by atoms with E-state index in [9.17, 15) is 15.2 Å². The van der Waals surface area contributed by atoms with Crippen LogP contribution in [0.3, 0.4) is 0 Å². The predicted molar refractivity (Wildman–Crippen MR) is 75.9 cm³/mol. The number of nitro benzene ring substituents is 1. The lowest BCUT2D eigenvalue weighted by atomic mass is 10.3. The monoisotopic (exact) mass is 285 g/mol. The van der Waals surface area contributed by atoms with Crippen LogP contribution in [0.2, 0.25) is 0 Å². The number of hydrogen-bond donors (Lipinski definition) is 1. The van der Waals surface area contributed by atoms with Gasteiger partial charge in [0, 0.05) is 16.2 Å². The number of nitro groups is 1. The van der Waals surface area contributed by atoms with Crippen molar-refractivity contribution in [3.8, 4) is 5.75 Å². The third kappa shape index (κ3) is 5.08. The molecule has 1 aromatic rings. The van der Waals surface area contributed by atoms with Crippen molar-refractivity contribution >= 4 is 17.4 Å². The molecule has 0 amide bonds. The Kier molecular flexibility index (Phi) is 5.62. The van der Waals surface area contributed by atoms with Gasteiger partial charge in [0.1, 0.15) is 5.75 Å². The second kappa shape index (κ2) is 6.77. The first-order valence-corrected chi connectivity index (χ1v) is 6.98. The first-order valence-electron chi connectivity index (χ1n) is 6.10. The van der Waals surface area contributed by atoms with Crippen molar-refractivity contribution in [2.75, 3.05) is 0 Å². The summed E-state index contributed by atoms with van der Waals surface area (Å²) in [7, 11) is 0. The van der Waals surface area contributed by atoms with Gasteiger partial charge in [0.2, 0.25) is 0 Å². The van der Waals surface area contributed by atoms with Gasteiger partial charge in [0.25, 0.3) is 5.69 Å². The van der Waals surface area contributed by atoms with Crippen LogP contribution in [0.5, 0.6) is 5.75 Å². The third-order valence-electron chi connectivity index (χ3n) is 2.45. The molecule has 6 heteroatoms. The Labute approximate surface area is 117 Å². The van der Waals surface area contributed by atoms with Crippen LogP contribution in [-0.4, -0.2) is 27.5 Å². The van der Waals surface area contributed by atoms with Crippen LogP contribution in [0, 0.1) is 10.1 Å². The van der Waals surface area contributed by atoms with Crippen LogP contribution in [0.15, 0.2) is 23.1 Å². The van der Waals surface area contributed by atoms with Crippen molar-refractivity contribution < 1.29 is 14.8 Å². The van der Waals surface area contributed by atoms with Crippen molar-refractivity contribution in [2.45, 2.75) is 50.0 Å². The molecule has 1 rings (SSSR count). The first-order chi connectivity index (χ1) is 8.79. The molecule has 0 aliphatic carbocycles. The molecule has 0 saturated carbocycles. The van der Waals surface area contributed by atoms with Gasteiger partial charge in [-0.3, -0.25) is 10.1 Å². The van der Waals surface area contributed by atoms with Gasteiger partial charge in [-0.1, -0.05) is 6.92 Å². The van der Waals surface area contributed by atoms with Crippen molar-refractivity contribution in [2.24, 2.45) is 0 Å². The number of hydrogen-bond acceptors (Lipinski definition) is 5. The summed E-state index contributed by atoms with van der Waals surface area (Å²) in [5.74, 6) is 0.476. The Morgan fingerprint density at radius 1 is 1.26 bits per heavy atom. The molecule has 0 aliphatic rings. The van der Waals surface area contributed by atoms with E-state index in [1.54, 1.807) is 13.0 Å². The number of ether oxygens (including phenoxy) is 1. The number of nitrogens with zero attached hydrogens (tertiary/aromatic N) is 1. The highest BCUT2D eigenvalue weighted by molar-refractivity contribution is 8.00. The fourth-order valence-corrected chi connectivity index (χ4v) is 2.38. The maximum absolute atomic E-state index is 10.9. The minimum Gasteiger partial charge on any atom is -0.491 e. The highest BCUT2D eigenvalue weighted by Crippen LogP contribution is 2.32. The van der Waals surface area contributed by atoms with E-state index in [0.29, 0.717) is 5.75 Å². The van der Waals surface area contributed by atoms with Crippen molar-refractivity contribution in [1.82, 2.24) is 0 Å². The second-order valence-electron chi connectivity index (χ2n) is 4.65. The number of non-ortho nitro benzene ring substituents is 1. The molecule has 0 heterocycles. The van der Waals surface area contributed by atoms with Gasteiger partial charge in [-0.15, -0.1) is 11.8 Å². The smallest absolute Gasteiger partial charge is 0.274 e. The normalized spacial score (nSPS) is 14.2. The van der Waals surface area contributed by atoms with E-state index in [0.717, 1.165) is 4.90 Å². The molecular formula is C13H19NO4S. The zero-order chi connectivity index (χ0) is 14.6. The largest absolute Gasteiger partial charge is 0.491 e. The minimum absolute atomic E-state index is 0.00144. The number of thioether (sulfide) groups is 1. The van der Waals surface area contributed by atoms with E-state index in [1.807, 2.05) is 20.8 Å². The fourth-order valence-electron chi connectivity index (χ4n) is 1.38. The molecule has 5 nitrogen and oxygen atoms in total. The molecule has 1 N–H and O–H groups in total. The zero-order valence-electron chi connectivity index (χ0n) is 11.5. The van der Waals surface area contributed by atoms with Crippen LogP contribution in [-0.2, 0) is 0 Å². The molecule has 0 aliphatic heterocycles. The minimum atomic E-state index is -0.487. The molecule has 2 unspecified atom stereocenters. The second-order valence-corrected chi connectivity index (χ2v) is 6.10. The molecule has 1 aromatic carbocycles. The van der Waals surface area contributed by atoms with Crippen molar-refractivity contribution in [3.63, 3.8) is 0 Å². The van der Waals surface area contributed by atoms with E-state index >= 15 is 0 Å². The van der Waals surface area contributed by atoms with Crippen LogP contribution in [0.4, 0.5) is 5.69 Å². The summed E-state index contributed by atoms with van der Waals surface area (Å²) >= 11 is 1.39. The lowest BCUT2D eigenvalue weighted by Crippen LogP contribution is -2.14. The Morgan fingerprint density at radius 3 is 2.37 bits per heavy atom. The Balaban J connectivity index is 3.02. The molecule has 19 heavy (non-hydrogen) atoms. The summed E-state index contributed by atoms with van der Waals surface area (Å²) in [5, 5.41) is 20.3. The Morgan fingerprint density at radius 2 is 1.89 bits per heavy atom. The lowest BCUT2D eigenvalue weighted by molar-refractivity contribution is -0.385. The standard InChI is InChI=1S/C13H19NO4S/c1-8(2)18-12-5-11(14(16)17)6-13(7-12)19-10(4)9(3)15/h5-10,15H,1-4H3. The summed E-state index contributed by atoms with van der Waals surface area (Å²) in [6.45, 7) is 7.30. The molecule has 0 fully saturated rings. The molecule has 106 valence electrons. The average molecular weight is 285 g/mol. The first kappa shape index (κ1) is 15.8. The van der Waals surface area contributed by atoms with Gasteiger partial charge in [-0.2, -0.15) is 0 Å². The maximum atomic E-state index is 10.9. The fraction of sp³-hybridized carbons (Fsp3) is 0.538. The molecule has 2 atom stereocenters. The lowest BCUT2D eigenvalue weighted by Gasteiger charge is -2.15. The van der Waals surface area contributed by atoms with Gasteiger partial charge < -0.3 is 9.84 Å². The van der Waals surface area contributed by atoms with E-state index in [1.165, 1.54) is 23.9 Å². The summed E-state index contributed by atoms with van der Waals surface area (Å²) in [4.78, 5) is 11.2. The number of aliphatic hydroxyl groups excluding tert-OH is 1. The van der Waals surface area contributed by atoms with Gasteiger partial charge in [-0.25, -0.2) is 0 Å². The number of benzene rings is 1. The van der Waals surface area contributed by atoms with E-state index < -0.39 is 11.0 Å². The van der Waals surface area contributed by atoms with E-state index in [4.69, 9.17) is 4.74 Å². The predicted octanol–water partition coefficient (Wildman–Crippen LogP) is 3.24. The average Bonchev–Trinajstić information content (AvgIpc) is 2.27. The third-order valence-corrected chi connectivity index (χ3v) is 3.72. The Hall–Kier alpha value is -1.27. The molecule has 0 aromatic heterocycles. The van der Waals surface area contributed by atoms with Gasteiger partial charge in [0.15, 0.2) is 0 Å². The molecule has 0 radical (unpaired) electrons. The molecular weight excluding hydrogens is 266 g/mol. The number of aliphatic hydroxyl groups is 1. The van der Waals surface area contributed by atoms with Crippen LogP contribution in [0.1, 0.15) is 27.7 Å². The van der Waals surface area contributed by atoms with Crippen molar-refractivity contribution in [1.29, 1.82) is 0 Å². The molecule has 0 spiro atoms. The summed E-state index contributed by atoms with van der Waals surface area (Å²) in [6.07, 6.45) is -0.534. The van der Waals surface area contributed by atoms with Gasteiger partial charge >= 0.3 is 0 Å². The van der Waals surface area contributed by atoms with E-state index in [-0.39, 0.29) is 17.0 Å². The molecule has 0 bridgehead atoms. The quantitative estimate of drug-likeness (QED) is 0.493. The molecule has 0 saturated heterocycles. The van der Waals surface area contributed by atoms with E-state index in [2.05, 4.69) is 0 Å². The maximum Gasteiger partial charge on any atom is 0.274 e. The van der Waals surface area contributed by atoms with Crippen LogP contribution in [0.25, 0.3) is 0 Å². The summed E-state index contributed by atoms with van der Waals surface area (Å²) < 4.78 is 5.51. The van der Waals surface area contributed by atoms with Gasteiger partial charge in [0.05, 0.1) is 23.2 Å². The van der Waals surface area contributed by atoms with Gasteiger partial charge in [-0.05, 0) is 26.8 Å². The summed E-state index contributed by atoms with van der Waals surface area (Å²) in [6, 6.07) is 4.67. The van der Waals surface area contributed by atoms with Crippen LogP contribution < -0.4 is 4.74 Å². The highest BCUT2D eigenvalue weighted by Gasteiger charge is 2.16. The van der Waals surface area contributed by atoms with Crippen molar-refractivity contribution in [3.05, 3.63) is 28.3 Å². The highest BCUT2D eigenvalue weighted by atomic mass is 32.2. The SMILES string of the molecule is CC(C)Oc1cc(SC(C)C(C)O)cc([N+](=O)[O-])c1. The zero-order valence-corrected chi connectivity index (χ0v) is 12.3. The topological polar surface area (TPSA) is 72.6 Å². The Bertz CT molecular complexity index is 448.